The van der Waals surface area contributed by atoms with Crippen LogP contribution in [0.5, 0.6) is 0 Å². The molecule has 0 amide bonds. The molecular formula is C27H30N5O2S2+. The Morgan fingerprint density at radius 1 is 0.917 bits per heavy atom. The quantitative estimate of drug-likeness (QED) is 0.361. The lowest BCUT2D eigenvalue weighted by Crippen LogP contribution is -3.07. The minimum absolute atomic E-state index is 0.286. The predicted octanol–water partition coefficient (Wildman–Crippen LogP) is 3.53. The molecule has 1 atom stereocenters. The summed E-state index contributed by atoms with van der Waals surface area (Å²) in [4.78, 5) is 1.51. The van der Waals surface area contributed by atoms with E-state index >= 15 is 0 Å². The first kappa shape index (κ1) is 24.6. The van der Waals surface area contributed by atoms with E-state index in [9.17, 15) is 8.42 Å². The molecule has 1 saturated heterocycles. The first-order chi connectivity index (χ1) is 17.4. The topological polar surface area (TPSA) is 64.6 Å². The van der Waals surface area contributed by atoms with Crippen LogP contribution in [0, 0.1) is 4.77 Å². The first-order valence-corrected chi connectivity index (χ1v) is 14.0. The lowest BCUT2D eigenvalue weighted by Gasteiger charge is -2.16. The maximum Gasteiger partial charge on any atom is 0.243 e. The smallest absolute Gasteiger partial charge is 0.243 e. The number of rotatable bonds is 8. The second kappa shape index (κ2) is 10.5. The van der Waals surface area contributed by atoms with Crippen molar-refractivity contribution >= 4 is 22.2 Å². The van der Waals surface area contributed by atoms with Crippen molar-refractivity contribution in [3.05, 3.63) is 95.3 Å². The fourth-order valence-electron chi connectivity index (χ4n) is 4.64. The van der Waals surface area contributed by atoms with Gasteiger partial charge in [0.2, 0.25) is 14.8 Å². The molecule has 1 N–H and O–H groups in total. The third-order valence-corrected chi connectivity index (χ3v) is 8.71. The van der Waals surface area contributed by atoms with E-state index in [1.165, 1.54) is 10.5 Å². The molecule has 1 aliphatic rings. The zero-order chi connectivity index (χ0) is 25.1. The van der Waals surface area contributed by atoms with Gasteiger partial charge in [0.05, 0.1) is 11.9 Å². The summed E-state index contributed by atoms with van der Waals surface area (Å²) in [6, 6.07) is 27.2. The molecule has 0 bridgehead atoms. The van der Waals surface area contributed by atoms with Crippen molar-refractivity contribution in [3.63, 3.8) is 0 Å². The van der Waals surface area contributed by atoms with Gasteiger partial charge in [0.25, 0.3) is 0 Å². The van der Waals surface area contributed by atoms with Crippen LogP contribution in [-0.4, -0.2) is 47.2 Å². The second-order valence-corrected chi connectivity index (χ2v) is 11.5. The summed E-state index contributed by atoms with van der Waals surface area (Å²) >= 11 is 5.90. The molecule has 0 saturated carbocycles. The van der Waals surface area contributed by atoms with E-state index in [1.54, 1.807) is 22.5 Å². The van der Waals surface area contributed by atoms with Gasteiger partial charge in [-0.25, -0.2) is 8.42 Å². The van der Waals surface area contributed by atoms with E-state index in [4.69, 9.17) is 17.3 Å². The molecule has 1 aliphatic heterocycles. The molecule has 0 aliphatic carbocycles. The molecule has 0 spiro atoms. The van der Waals surface area contributed by atoms with Crippen molar-refractivity contribution < 1.29 is 13.3 Å². The Kier molecular flexibility index (Phi) is 7.15. The van der Waals surface area contributed by atoms with Gasteiger partial charge in [-0.15, -0.1) is 5.10 Å². The van der Waals surface area contributed by atoms with Gasteiger partial charge in [0.15, 0.2) is 12.5 Å². The van der Waals surface area contributed by atoms with Crippen LogP contribution < -0.4 is 4.90 Å². The number of para-hydroxylation sites is 1. The number of hydrogen-bond acceptors (Lipinski definition) is 4. The monoisotopic (exact) mass is 520 g/mol. The zero-order valence-corrected chi connectivity index (χ0v) is 21.9. The van der Waals surface area contributed by atoms with Crippen molar-refractivity contribution in [2.24, 2.45) is 0 Å². The number of nitrogens with one attached hydrogen (secondary N) is 1. The van der Waals surface area contributed by atoms with Crippen LogP contribution in [0.25, 0.3) is 17.1 Å². The van der Waals surface area contributed by atoms with E-state index in [0.717, 1.165) is 25.1 Å². The number of aromatic nitrogens is 3. The van der Waals surface area contributed by atoms with Gasteiger partial charge in [-0.2, -0.15) is 8.99 Å². The van der Waals surface area contributed by atoms with Gasteiger partial charge < -0.3 is 4.90 Å². The summed E-state index contributed by atoms with van der Waals surface area (Å²) in [5, 5.41) is 4.90. The van der Waals surface area contributed by atoms with Crippen molar-refractivity contribution in [1.29, 1.82) is 0 Å². The van der Waals surface area contributed by atoms with Gasteiger partial charge in [0.1, 0.15) is 6.54 Å². The van der Waals surface area contributed by atoms with Crippen LogP contribution >= 0.6 is 12.2 Å². The lowest BCUT2D eigenvalue weighted by molar-refractivity contribution is -0.917. The van der Waals surface area contributed by atoms with Crippen LogP contribution in [0.3, 0.4) is 0 Å². The molecule has 4 aromatic rings. The third kappa shape index (κ3) is 5.05. The molecule has 7 nitrogen and oxygen atoms in total. The fourth-order valence-corrected chi connectivity index (χ4v) is 6.50. The van der Waals surface area contributed by atoms with Crippen molar-refractivity contribution in [1.82, 2.24) is 18.7 Å². The summed E-state index contributed by atoms with van der Waals surface area (Å²) in [6.07, 6.45) is 1.80. The van der Waals surface area contributed by atoms with Crippen molar-refractivity contribution in [2.75, 3.05) is 20.1 Å². The molecule has 5 rings (SSSR count). The normalized spacial score (nSPS) is 15.2. The van der Waals surface area contributed by atoms with Crippen LogP contribution in [0.2, 0.25) is 0 Å². The molecule has 2 heterocycles. The molecule has 186 valence electrons. The number of hydrogen-bond donors (Lipinski definition) is 1. The highest BCUT2D eigenvalue weighted by molar-refractivity contribution is 7.89. The molecular weight excluding hydrogens is 490 g/mol. The predicted molar refractivity (Wildman–Crippen MR) is 143 cm³/mol. The van der Waals surface area contributed by atoms with Crippen LogP contribution in [0.1, 0.15) is 18.4 Å². The largest absolute Gasteiger partial charge is 0.315 e. The molecule has 36 heavy (non-hydrogen) atoms. The van der Waals surface area contributed by atoms with Crippen LogP contribution in [0.4, 0.5) is 0 Å². The fraction of sp³-hybridized carbons (Fsp3) is 0.259. The van der Waals surface area contributed by atoms with E-state index in [-0.39, 0.29) is 4.90 Å². The van der Waals surface area contributed by atoms with Crippen molar-refractivity contribution in [3.8, 4) is 17.1 Å². The maximum absolute atomic E-state index is 13.2. The lowest BCUT2D eigenvalue weighted by atomic mass is 10.2. The van der Waals surface area contributed by atoms with Crippen molar-refractivity contribution in [2.45, 2.75) is 31.0 Å². The third-order valence-electron chi connectivity index (χ3n) is 6.42. The highest BCUT2D eigenvalue weighted by atomic mass is 32.2. The maximum atomic E-state index is 13.2. The summed E-state index contributed by atoms with van der Waals surface area (Å²) < 4.78 is 32.4. The van der Waals surface area contributed by atoms with E-state index in [2.05, 4.69) is 19.2 Å². The molecule has 3 aromatic carbocycles. The highest BCUT2D eigenvalue weighted by Crippen LogP contribution is 2.27. The number of benzene rings is 3. The van der Waals surface area contributed by atoms with Gasteiger partial charge >= 0.3 is 0 Å². The van der Waals surface area contributed by atoms with Gasteiger partial charge in [-0.1, -0.05) is 60.7 Å². The van der Waals surface area contributed by atoms with Crippen LogP contribution in [0.15, 0.2) is 89.8 Å². The first-order valence-electron chi connectivity index (χ1n) is 12.1. The number of quaternary nitrogens is 1. The SMILES string of the molecule is C[NH+](Cc1ccccc1)Cn1nc(-c2cccc(S(=O)(=O)N3CCCC3)c2)n(-c2ccccc2)c1=S. The minimum atomic E-state index is -3.54. The van der Waals surface area contributed by atoms with E-state index in [0.29, 0.717) is 35.9 Å². The Labute approximate surface area is 217 Å². The molecule has 1 fully saturated rings. The summed E-state index contributed by atoms with van der Waals surface area (Å²) in [5.74, 6) is 0.622. The Hall–Kier alpha value is -3.11. The van der Waals surface area contributed by atoms with Gasteiger partial charge in [-0.3, -0.25) is 4.57 Å². The second-order valence-electron chi connectivity index (χ2n) is 9.19. The summed E-state index contributed by atoms with van der Waals surface area (Å²) in [7, 11) is -1.43. The molecule has 1 aromatic heterocycles. The summed E-state index contributed by atoms with van der Waals surface area (Å²) in [6.45, 7) is 2.54. The van der Waals surface area contributed by atoms with E-state index < -0.39 is 10.0 Å². The average molecular weight is 521 g/mol. The highest BCUT2D eigenvalue weighted by Gasteiger charge is 2.28. The molecule has 1 unspecified atom stereocenters. The molecule has 0 radical (unpaired) electrons. The Morgan fingerprint density at radius 2 is 1.58 bits per heavy atom. The summed E-state index contributed by atoms with van der Waals surface area (Å²) in [5.41, 5.74) is 2.84. The van der Waals surface area contributed by atoms with E-state index in [1.807, 2.05) is 63.8 Å². The number of nitrogens with zero attached hydrogens (tertiary/aromatic N) is 4. The Morgan fingerprint density at radius 3 is 2.28 bits per heavy atom. The minimum Gasteiger partial charge on any atom is -0.315 e. The average Bonchev–Trinajstić information content (AvgIpc) is 3.55. The number of sulfonamides is 1. The molecule has 9 heteroatoms. The zero-order valence-electron chi connectivity index (χ0n) is 20.2. The Bertz CT molecular complexity index is 1490. The van der Waals surface area contributed by atoms with Gasteiger partial charge in [0, 0.05) is 29.9 Å². The van der Waals surface area contributed by atoms with Crippen LogP contribution in [-0.2, 0) is 23.2 Å². The van der Waals surface area contributed by atoms with Gasteiger partial charge in [-0.05, 0) is 49.3 Å². The standard InChI is InChI=1S/C27H29N5O2S2/c1-29(20-22-11-4-2-5-12-22)21-31-27(35)32(24-14-6-3-7-15-24)26(28-31)23-13-10-16-25(19-23)36(33,34)30-17-8-9-18-30/h2-7,10-16,19H,8-9,17-18,20-21H2,1H3/p+1. The Balaban J connectivity index is 1.54.